The van der Waals surface area contributed by atoms with Crippen LogP contribution in [0.2, 0.25) is 0 Å². The second-order valence-electron chi connectivity index (χ2n) is 6.07. The number of anilines is 1. The van der Waals surface area contributed by atoms with Gasteiger partial charge in [0.25, 0.3) is 0 Å². The first-order valence-corrected chi connectivity index (χ1v) is 8.26. The van der Waals surface area contributed by atoms with Gasteiger partial charge in [0.15, 0.2) is 0 Å². The van der Waals surface area contributed by atoms with Crippen LogP contribution in [-0.4, -0.2) is 61.3 Å². The van der Waals surface area contributed by atoms with E-state index >= 15 is 0 Å². The molecule has 2 fully saturated rings. The minimum atomic E-state index is 0.552. The zero-order valence-corrected chi connectivity index (χ0v) is 13.6. The smallest absolute Gasteiger partial charge is 0.232 e. The molecule has 1 aromatic rings. The zero-order chi connectivity index (χ0) is 15.4. The second kappa shape index (κ2) is 7.13. The van der Waals surface area contributed by atoms with Crippen molar-refractivity contribution in [1.29, 1.82) is 0 Å². The number of methoxy groups -OCH3 is 2. The van der Waals surface area contributed by atoms with E-state index in [1.165, 1.54) is 32.1 Å². The van der Waals surface area contributed by atoms with Crippen LogP contribution >= 0.6 is 0 Å². The van der Waals surface area contributed by atoms with E-state index in [0.29, 0.717) is 17.7 Å². The summed E-state index contributed by atoms with van der Waals surface area (Å²) in [5.74, 6) is 1.81. The van der Waals surface area contributed by atoms with Crippen molar-refractivity contribution in [2.75, 3.05) is 45.3 Å². The molecule has 0 spiro atoms. The van der Waals surface area contributed by atoms with Gasteiger partial charge < -0.3 is 14.4 Å². The lowest BCUT2D eigenvalue weighted by Crippen LogP contribution is -2.51. The minimum absolute atomic E-state index is 0.552. The van der Waals surface area contributed by atoms with Gasteiger partial charge in [-0.3, -0.25) is 4.90 Å². The second-order valence-corrected chi connectivity index (χ2v) is 6.07. The molecule has 0 atom stereocenters. The van der Waals surface area contributed by atoms with Crippen molar-refractivity contribution in [2.24, 2.45) is 0 Å². The predicted molar refractivity (Wildman–Crippen MR) is 85.8 cm³/mol. The average molecular weight is 306 g/mol. The Morgan fingerprint density at radius 3 is 2.05 bits per heavy atom. The molecule has 6 heteroatoms. The van der Waals surface area contributed by atoms with Crippen molar-refractivity contribution in [2.45, 2.75) is 38.1 Å². The van der Waals surface area contributed by atoms with E-state index in [1.54, 1.807) is 20.3 Å². The lowest BCUT2D eigenvalue weighted by molar-refractivity contribution is 0.147. The quantitative estimate of drug-likeness (QED) is 0.847. The van der Waals surface area contributed by atoms with Gasteiger partial charge in [-0.15, -0.1) is 0 Å². The highest BCUT2D eigenvalue weighted by Gasteiger charge is 2.26. The van der Waals surface area contributed by atoms with Crippen molar-refractivity contribution in [3.05, 3.63) is 6.07 Å². The number of aromatic nitrogens is 2. The highest BCUT2D eigenvalue weighted by atomic mass is 16.5. The Kier molecular flexibility index (Phi) is 4.97. The SMILES string of the molecule is COc1cc(OC)nc(N2CCN(C3CCCCC3)CC2)n1. The summed E-state index contributed by atoms with van der Waals surface area (Å²) in [6.45, 7) is 4.11. The molecule has 1 aromatic heterocycles. The van der Waals surface area contributed by atoms with Gasteiger partial charge in [-0.1, -0.05) is 19.3 Å². The van der Waals surface area contributed by atoms with Crippen molar-refractivity contribution in [1.82, 2.24) is 14.9 Å². The van der Waals surface area contributed by atoms with Gasteiger partial charge in [-0.05, 0) is 12.8 Å². The fourth-order valence-corrected chi connectivity index (χ4v) is 3.48. The summed E-state index contributed by atoms with van der Waals surface area (Å²) in [6.07, 6.45) is 6.92. The molecule has 1 aliphatic heterocycles. The molecule has 122 valence electrons. The van der Waals surface area contributed by atoms with Crippen molar-refractivity contribution in [3.63, 3.8) is 0 Å². The molecule has 0 unspecified atom stereocenters. The van der Waals surface area contributed by atoms with Gasteiger partial charge in [0, 0.05) is 32.2 Å². The third-order valence-electron chi connectivity index (χ3n) is 4.77. The van der Waals surface area contributed by atoms with Crippen molar-refractivity contribution in [3.8, 4) is 11.8 Å². The zero-order valence-electron chi connectivity index (χ0n) is 13.6. The maximum Gasteiger partial charge on any atom is 0.232 e. The lowest BCUT2D eigenvalue weighted by Gasteiger charge is -2.40. The predicted octanol–water partition coefficient (Wildman–Crippen LogP) is 1.95. The fraction of sp³-hybridized carbons (Fsp3) is 0.750. The van der Waals surface area contributed by atoms with Gasteiger partial charge in [0.05, 0.1) is 20.3 Å². The van der Waals surface area contributed by atoms with Crippen LogP contribution < -0.4 is 14.4 Å². The summed E-state index contributed by atoms with van der Waals surface area (Å²) < 4.78 is 10.5. The standard InChI is InChI=1S/C16H26N4O2/c1-21-14-12-15(22-2)18-16(17-14)20-10-8-19(9-11-20)13-6-4-3-5-7-13/h12-13H,3-11H2,1-2H3. The maximum atomic E-state index is 5.24. The summed E-state index contributed by atoms with van der Waals surface area (Å²) in [5.41, 5.74) is 0. The molecule has 22 heavy (non-hydrogen) atoms. The Balaban J connectivity index is 1.63. The molecule has 1 saturated heterocycles. The van der Waals surface area contributed by atoms with Crippen LogP contribution in [0.4, 0.5) is 5.95 Å². The molecule has 3 rings (SSSR count). The molecule has 0 N–H and O–H groups in total. The molecule has 0 aromatic carbocycles. The summed E-state index contributed by atoms with van der Waals surface area (Å²) in [7, 11) is 3.24. The molecule has 2 aliphatic rings. The molecule has 0 radical (unpaired) electrons. The molecule has 0 amide bonds. The van der Waals surface area contributed by atoms with E-state index in [9.17, 15) is 0 Å². The fourth-order valence-electron chi connectivity index (χ4n) is 3.48. The van der Waals surface area contributed by atoms with Crippen LogP contribution in [0.15, 0.2) is 6.07 Å². The highest BCUT2D eigenvalue weighted by Crippen LogP contribution is 2.25. The van der Waals surface area contributed by atoms with Crippen LogP contribution in [0.25, 0.3) is 0 Å². The maximum absolute atomic E-state index is 5.24. The Labute approximate surface area is 132 Å². The molecule has 6 nitrogen and oxygen atoms in total. The summed E-state index contributed by atoms with van der Waals surface area (Å²) >= 11 is 0. The molecule has 1 saturated carbocycles. The molecule has 0 bridgehead atoms. The molecule has 1 aliphatic carbocycles. The number of piperazine rings is 1. The van der Waals surface area contributed by atoms with E-state index in [4.69, 9.17) is 9.47 Å². The first-order valence-electron chi connectivity index (χ1n) is 8.26. The number of rotatable bonds is 4. The first-order chi connectivity index (χ1) is 10.8. The van der Waals surface area contributed by atoms with E-state index in [0.717, 1.165) is 32.2 Å². The van der Waals surface area contributed by atoms with Gasteiger partial charge in [0.1, 0.15) is 0 Å². The van der Waals surface area contributed by atoms with E-state index < -0.39 is 0 Å². The molecular weight excluding hydrogens is 280 g/mol. The van der Waals surface area contributed by atoms with Gasteiger partial charge in [-0.25, -0.2) is 0 Å². The average Bonchev–Trinajstić information content (AvgIpc) is 2.62. The topological polar surface area (TPSA) is 50.7 Å². The summed E-state index contributed by atoms with van der Waals surface area (Å²) in [5, 5.41) is 0. The minimum Gasteiger partial charge on any atom is -0.481 e. The van der Waals surface area contributed by atoms with Crippen LogP contribution in [0, 0.1) is 0 Å². The van der Waals surface area contributed by atoms with E-state index in [-0.39, 0.29) is 0 Å². The van der Waals surface area contributed by atoms with Gasteiger partial charge in [0.2, 0.25) is 17.7 Å². The van der Waals surface area contributed by atoms with E-state index in [1.807, 2.05) is 0 Å². The Morgan fingerprint density at radius 2 is 1.50 bits per heavy atom. The van der Waals surface area contributed by atoms with E-state index in [2.05, 4.69) is 19.8 Å². The van der Waals surface area contributed by atoms with Crippen LogP contribution in [0.1, 0.15) is 32.1 Å². The van der Waals surface area contributed by atoms with Crippen molar-refractivity contribution < 1.29 is 9.47 Å². The van der Waals surface area contributed by atoms with Crippen molar-refractivity contribution >= 4 is 5.95 Å². The Hall–Kier alpha value is -1.56. The monoisotopic (exact) mass is 306 g/mol. The van der Waals surface area contributed by atoms with Crippen LogP contribution in [0.5, 0.6) is 11.8 Å². The van der Waals surface area contributed by atoms with Gasteiger partial charge >= 0.3 is 0 Å². The largest absolute Gasteiger partial charge is 0.481 e. The first kappa shape index (κ1) is 15.3. The van der Waals surface area contributed by atoms with Crippen LogP contribution in [0.3, 0.4) is 0 Å². The van der Waals surface area contributed by atoms with Gasteiger partial charge in [-0.2, -0.15) is 9.97 Å². The van der Waals surface area contributed by atoms with Crippen LogP contribution in [-0.2, 0) is 0 Å². The number of hydrogen-bond donors (Lipinski definition) is 0. The molecular formula is C16H26N4O2. The highest BCUT2D eigenvalue weighted by molar-refractivity contribution is 5.37. The lowest BCUT2D eigenvalue weighted by atomic mass is 9.94. The Bertz CT molecular complexity index is 461. The number of hydrogen-bond acceptors (Lipinski definition) is 6. The Morgan fingerprint density at radius 1 is 0.909 bits per heavy atom. The normalized spacial score (nSPS) is 20.9. The number of nitrogens with zero attached hydrogens (tertiary/aromatic N) is 4. The third-order valence-corrected chi connectivity index (χ3v) is 4.77. The summed E-state index contributed by atoms with van der Waals surface area (Å²) in [6, 6.07) is 2.50. The third kappa shape index (κ3) is 3.43. The number of ether oxygens (including phenoxy) is 2. The summed E-state index contributed by atoms with van der Waals surface area (Å²) in [4.78, 5) is 13.8. The molecule has 2 heterocycles.